The Morgan fingerprint density at radius 1 is 1.44 bits per heavy atom. The zero-order valence-corrected chi connectivity index (χ0v) is 8.62. The largest absolute Gasteiger partial charge is 0.492 e. The summed E-state index contributed by atoms with van der Waals surface area (Å²) in [5.74, 6) is -2.40. The number of methoxy groups -OCH3 is 1. The Morgan fingerprint density at radius 3 is 2.56 bits per heavy atom. The van der Waals surface area contributed by atoms with Gasteiger partial charge in [0.1, 0.15) is 0 Å². The number of allylic oxidation sites excluding steroid dienone is 6. The second kappa shape index (κ2) is 5.01. The number of alkyl halides is 3. The van der Waals surface area contributed by atoms with Crippen LogP contribution in [0.15, 0.2) is 36.1 Å². The van der Waals surface area contributed by atoms with Gasteiger partial charge in [0.2, 0.25) is 5.76 Å². The van der Waals surface area contributed by atoms with Crippen molar-refractivity contribution in [1.82, 2.24) is 0 Å². The minimum absolute atomic E-state index is 0.417. The summed E-state index contributed by atoms with van der Waals surface area (Å²) in [6.07, 6.45) is 2.99. The normalized spacial score (nSPS) is 21.0. The number of halogens is 3. The van der Waals surface area contributed by atoms with Gasteiger partial charge in [-0.3, -0.25) is 4.79 Å². The molecule has 2 nitrogen and oxygen atoms in total. The van der Waals surface area contributed by atoms with E-state index in [9.17, 15) is 18.0 Å². The standard InChI is InChI=1S/C11H11F3O2/c1-16-10(11(12,13)14)7-9(15)8-5-3-2-4-6-8/h2-5,7-8H,6H2,1H3/b10-7-. The monoisotopic (exact) mass is 232 g/mol. The van der Waals surface area contributed by atoms with Crippen molar-refractivity contribution in [2.45, 2.75) is 12.6 Å². The van der Waals surface area contributed by atoms with E-state index in [0.29, 0.717) is 12.5 Å². The third-order valence-corrected chi connectivity index (χ3v) is 2.12. The van der Waals surface area contributed by atoms with Crippen LogP contribution in [0.4, 0.5) is 13.2 Å². The van der Waals surface area contributed by atoms with Crippen LogP contribution in [0, 0.1) is 5.92 Å². The molecule has 0 spiro atoms. The first-order valence-electron chi connectivity index (χ1n) is 4.65. The molecule has 5 heteroatoms. The van der Waals surface area contributed by atoms with Gasteiger partial charge in [0.15, 0.2) is 5.78 Å². The van der Waals surface area contributed by atoms with Crippen LogP contribution in [0.25, 0.3) is 0 Å². The van der Waals surface area contributed by atoms with Crippen LogP contribution in [0.5, 0.6) is 0 Å². The van der Waals surface area contributed by atoms with E-state index in [0.717, 1.165) is 7.11 Å². The maximum absolute atomic E-state index is 12.3. The van der Waals surface area contributed by atoms with Crippen molar-refractivity contribution in [3.8, 4) is 0 Å². The van der Waals surface area contributed by atoms with Crippen LogP contribution in [-0.4, -0.2) is 19.1 Å². The number of hydrogen-bond acceptors (Lipinski definition) is 2. The Labute approximate surface area is 91.1 Å². The molecule has 0 aliphatic heterocycles. The highest BCUT2D eigenvalue weighted by Crippen LogP contribution is 2.26. The number of rotatable bonds is 3. The van der Waals surface area contributed by atoms with Crippen molar-refractivity contribution in [3.05, 3.63) is 36.1 Å². The molecule has 1 unspecified atom stereocenters. The summed E-state index contributed by atoms with van der Waals surface area (Å²) in [5, 5.41) is 0. The number of hydrogen-bond donors (Lipinski definition) is 0. The average Bonchev–Trinajstić information content (AvgIpc) is 2.25. The molecule has 0 radical (unpaired) electrons. The van der Waals surface area contributed by atoms with E-state index in [1.165, 1.54) is 0 Å². The van der Waals surface area contributed by atoms with Gasteiger partial charge in [-0.15, -0.1) is 0 Å². The van der Waals surface area contributed by atoms with E-state index in [4.69, 9.17) is 0 Å². The summed E-state index contributed by atoms with van der Waals surface area (Å²) in [6.45, 7) is 0. The number of carbonyl (C=O) groups is 1. The minimum atomic E-state index is -4.63. The van der Waals surface area contributed by atoms with E-state index in [1.807, 2.05) is 0 Å². The molecule has 88 valence electrons. The van der Waals surface area contributed by atoms with Gasteiger partial charge in [-0.2, -0.15) is 13.2 Å². The van der Waals surface area contributed by atoms with Gasteiger partial charge in [0.05, 0.1) is 7.11 Å². The van der Waals surface area contributed by atoms with Crippen molar-refractivity contribution in [3.63, 3.8) is 0 Å². The molecular weight excluding hydrogens is 221 g/mol. The number of carbonyl (C=O) groups excluding carboxylic acids is 1. The zero-order valence-electron chi connectivity index (χ0n) is 8.62. The summed E-state index contributed by atoms with van der Waals surface area (Å²) in [6, 6.07) is 0. The SMILES string of the molecule is CO/C(=C\C(=O)C1C=CC=CC1)C(F)(F)F. The summed E-state index contributed by atoms with van der Waals surface area (Å²) >= 11 is 0. The molecule has 0 amide bonds. The van der Waals surface area contributed by atoms with Gasteiger partial charge in [0, 0.05) is 12.0 Å². The van der Waals surface area contributed by atoms with Gasteiger partial charge in [0.25, 0.3) is 0 Å². The van der Waals surface area contributed by atoms with Crippen molar-refractivity contribution >= 4 is 5.78 Å². The molecule has 0 aromatic rings. The second-order valence-corrected chi connectivity index (χ2v) is 3.27. The lowest BCUT2D eigenvalue weighted by Gasteiger charge is -2.12. The molecule has 0 bridgehead atoms. The molecule has 0 saturated carbocycles. The van der Waals surface area contributed by atoms with Crippen LogP contribution in [0.1, 0.15) is 6.42 Å². The third kappa shape index (κ3) is 3.25. The van der Waals surface area contributed by atoms with E-state index in [-0.39, 0.29) is 0 Å². The zero-order chi connectivity index (χ0) is 12.2. The fourth-order valence-corrected chi connectivity index (χ4v) is 1.28. The summed E-state index contributed by atoms with van der Waals surface area (Å²) in [5.41, 5.74) is 0. The van der Waals surface area contributed by atoms with Crippen molar-refractivity contribution in [2.75, 3.05) is 7.11 Å². The molecule has 1 aliphatic rings. The van der Waals surface area contributed by atoms with Gasteiger partial charge < -0.3 is 4.74 Å². The van der Waals surface area contributed by atoms with Crippen LogP contribution < -0.4 is 0 Å². The molecular formula is C11H11F3O2. The predicted molar refractivity (Wildman–Crippen MR) is 52.5 cm³/mol. The van der Waals surface area contributed by atoms with Crippen molar-refractivity contribution in [2.24, 2.45) is 5.92 Å². The molecule has 1 rings (SSSR count). The fourth-order valence-electron chi connectivity index (χ4n) is 1.28. The molecule has 0 aromatic carbocycles. The molecule has 0 heterocycles. The first-order chi connectivity index (χ1) is 7.45. The summed E-state index contributed by atoms with van der Waals surface area (Å²) < 4.78 is 41.0. The van der Waals surface area contributed by atoms with E-state index >= 15 is 0 Å². The number of ether oxygens (including phenoxy) is 1. The van der Waals surface area contributed by atoms with E-state index < -0.39 is 23.6 Å². The maximum atomic E-state index is 12.3. The quantitative estimate of drug-likeness (QED) is 0.552. The predicted octanol–water partition coefficient (Wildman–Crippen LogP) is 2.78. The lowest BCUT2D eigenvalue weighted by Crippen LogP contribution is -2.18. The molecule has 0 saturated heterocycles. The first-order valence-corrected chi connectivity index (χ1v) is 4.65. The van der Waals surface area contributed by atoms with Crippen molar-refractivity contribution in [1.29, 1.82) is 0 Å². The summed E-state index contributed by atoms with van der Waals surface area (Å²) in [4.78, 5) is 11.5. The van der Waals surface area contributed by atoms with Crippen molar-refractivity contribution < 1.29 is 22.7 Å². The van der Waals surface area contributed by atoms with Crippen LogP contribution in [-0.2, 0) is 9.53 Å². The van der Waals surface area contributed by atoms with Gasteiger partial charge in [-0.05, 0) is 6.42 Å². The van der Waals surface area contributed by atoms with E-state index in [2.05, 4.69) is 4.74 Å². The summed E-state index contributed by atoms with van der Waals surface area (Å²) in [7, 11) is 0.892. The molecule has 0 aromatic heterocycles. The Balaban J connectivity index is 2.78. The molecule has 1 atom stereocenters. The van der Waals surface area contributed by atoms with Gasteiger partial charge in [-0.1, -0.05) is 24.3 Å². The van der Waals surface area contributed by atoms with Gasteiger partial charge >= 0.3 is 6.18 Å². The fraction of sp³-hybridized carbons (Fsp3) is 0.364. The molecule has 0 fully saturated rings. The third-order valence-electron chi connectivity index (χ3n) is 2.12. The molecule has 16 heavy (non-hydrogen) atoms. The molecule has 0 N–H and O–H groups in total. The topological polar surface area (TPSA) is 26.3 Å². The van der Waals surface area contributed by atoms with Crippen LogP contribution in [0.2, 0.25) is 0 Å². The lowest BCUT2D eigenvalue weighted by atomic mass is 9.96. The van der Waals surface area contributed by atoms with Crippen LogP contribution >= 0.6 is 0 Å². The second-order valence-electron chi connectivity index (χ2n) is 3.27. The Hall–Kier alpha value is -1.52. The Bertz CT molecular complexity index is 351. The van der Waals surface area contributed by atoms with Gasteiger partial charge in [-0.25, -0.2) is 0 Å². The molecule has 1 aliphatic carbocycles. The van der Waals surface area contributed by atoms with Crippen LogP contribution in [0.3, 0.4) is 0 Å². The van der Waals surface area contributed by atoms with E-state index in [1.54, 1.807) is 24.3 Å². The first kappa shape index (κ1) is 12.5. The highest BCUT2D eigenvalue weighted by atomic mass is 19.4. The Kier molecular flexibility index (Phi) is 3.93. The maximum Gasteiger partial charge on any atom is 0.449 e. The highest BCUT2D eigenvalue weighted by molar-refractivity contribution is 5.93. The number of ketones is 1. The lowest BCUT2D eigenvalue weighted by molar-refractivity contribution is -0.130. The average molecular weight is 232 g/mol. The Morgan fingerprint density at radius 2 is 2.12 bits per heavy atom. The highest BCUT2D eigenvalue weighted by Gasteiger charge is 2.36. The smallest absolute Gasteiger partial charge is 0.449 e. The minimum Gasteiger partial charge on any atom is -0.492 e.